The van der Waals surface area contributed by atoms with Crippen LogP contribution in [0.3, 0.4) is 0 Å². The molecule has 5 nitrogen and oxygen atoms in total. The molecule has 2 N–H and O–H groups in total. The Hall–Kier alpha value is -2.86. The van der Waals surface area contributed by atoms with E-state index in [0.717, 1.165) is 31.9 Å². The standard InChI is InChI=1S/C21H23FN4O/c1-14(20-18-13-15(22)3-8-19(18)24-21(20)27)23-16-4-6-17(7-5-16)26-11-9-25(2)10-12-26/h3-8,13,24,27H,9-12H2,1-2H3. The van der Waals surface area contributed by atoms with E-state index in [1.165, 1.54) is 17.8 Å². The molecule has 0 amide bonds. The van der Waals surface area contributed by atoms with E-state index in [-0.39, 0.29) is 11.7 Å². The van der Waals surface area contributed by atoms with E-state index in [1.54, 1.807) is 6.07 Å². The number of piperazine rings is 1. The Balaban J connectivity index is 1.60. The number of H-pyrrole nitrogens is 1. The quantitative estimate of drug-likeness (QED) is 0.691. The molecule has 0 unspecified atom stereocenters. The topological polar surface area (TPSA) is 54.9 Å². The van der Waals surface area contributed by atoms with Crippen molar-refractivity contribution in [3.8, 4) is 5.88 Å². The van der Waals surface area contributed by atoms with Crippen molar-refractivity contribution in [3.63, 3.8) is 0 Å². The van der Waals surface area contributed by atoms with Crippen LogP contribution in [0.25, 0.3) is 10.9 Å². The molecule has 3 aromatic rings. The van der Waals surface area contributed by atoms with Crippen molar-refractivity contribution in [3.05, 3.63) is 53.8 Å². The lowest BCUT2D eigenvalue weighted by atomic mass is 10.1. The lowest BCUT2D eigenvalue weighted by molar-refractivity contribution is 0.313. The number of rotatable bonds is 3. The van der Waals surface area contributed by atoms with Crippen LogP contribution in [-0.2, 0) is 0 Å². The van der Waals surface area contributed by atoms with E-state index < -0.39 is 0 Å². The minimum atomic E-state index is -0.341. The Kier molecular flexibility index (Phi) is 4.58. The first-order chi connectivity index (χ1) is 13.0. The van der Waals surface area contributed by atoms with Crippen LogP contribution >= 0.6 is 0 Å². The van der Waals surface area contributed by atoms with Crippen LogP contribution in [-0.4, -0.2) is 53.9 Å². The number of hydrogen-bond acceptors (Lipinski definition) is 4. The molecule has 27 heavy (non-hydrogen) atoms. The van der Waals surface area contributed by atoms with Gasteiger partial charge in [-0.2, -0.15) is 0 Å². The van der Waals surface area contributed by atoms with Crippen LogP contribution in [0.5, 0.6) is 5.88 Å². The zero-order chi connectivity index (χ0) is 19.0. The number of halogens is 1. The Morgan fingerprint density at radius 1 is 1.07 bits per heavy atom. The predicted octanol–water partition coefficient (Wildman–Crippen LogP) is 3.91. The fraction of sp³-hybridized carbons (Fsp3) is 0.286. The van der Waals surface area contributed by atoms with Gasteiger partial charge in [0.25, 0.3) is 0 Å². The molecule has 1 aliphatic rings. The van der Waals surface area contributed by atoms with E-state index in [1.807, 2.05) is 19.1 Å². The van der Waals surface area contributed by atoms with Gasteiger partial charge in [0.2, 0.25) is 0 Å². The SMILES string of the molecule is CC(=Nc1ccc(N2CCN(C)CC2)cc1)c1c(O)[nH]c2ccc(F)cc12. The molecule has 140 valence electrons. The Labute approximate surface area is 157 Å². The summed E-state index contributed by atoms with van der Waals surface area (Å²) in [5, 5.41) is 10.9. The maximum Gasteiger partial charge on any atom is 0.198 e. The average molecular weight is 366 g/mol. The number of aromatic hydroxyl groups is 1. The summed E-state index contributed by atoms with van der Waals surface area (Å²) in [6.07, 6.45) is 0. The third-order valence-corrected chi connectivity index (χ3v) is 5.12. The Bertz CT molecular complexity index is 985. The summed E-state index contributed by atoms with van der Waals surface area (Å²) in [6, 6.07) is 12.5. The van der Waals surface area contributed by atoms with Gasteiger partial charge in [-0.05, 0) is 56.4 Å². The number of nitrogens with zero attached hydrogens (tertiary/aromatic N) is 3. The highest BCUT2D eigenvalue weighted by Gasteiger charge is 2.16. The van der Waals surface area contributed by atoms with Gasteiger partial charge >= 0.3 is 0 Å². The van der Waals surface area contributed by atoms with Gasteiger partial charge in [-0.3, -0.25) is 4.99 Å². The highest BCUT2D eigenvalue weighted by Crippen LogP contribution is 2.30. The number of aromatic amines is 1. The number of fused-ring (bicyclic) bond motifs is 1. The van der Waals surface area contributed by atoms with Crippen molar-refractivity contribution in [2.45, 2.75) is 6.92 Å². The van der Waals surface area contributed by atoms with Gasteiger partial charge in [0.05, 0.1) is 17.0 Å². The Morgan fingerprint density at radius 2 is 1.78 bits per heavy atom. The first-order valence-corrected chi connectivity index (χ1v) is 9.10. The summed E-state index contributed by atoms with van der Waals surface area (Å²) in [5.74, 6) is -0.335. The second-order valence-corrected chi connectivity index (χ2v) is 7.04. The van der Waals surface area contributed by atoms with E-state index >= 15 is 0 Å². The number of benzene rings is 2. The second-order valence-electron chi connectivity index (χ2n) is 7.04. The monoisotopic (exact) mass is 366 g/mol. The third-order valence-electron chi connectivity index (χ3n) is 5.12. The first-order valence-electron chi connectivity index (χ1n) is 9.10. The summed E-state index contributed by atoms with van der Waals surface area (Å²) in [6.45, 7) is 5.99. The van der Waals surface area contributed by atoms with Crippen LogP contribution < -0.4 is 4.90 Å². The van der Waals surface area contributed by atoms with Crippen LogP contribution in [0.2, 0.25) is 0 Å². The largest absolute Gasteiger partial charge is 0.494 e. The van der Waals surface area contributed by atoms with Gasteiger partial charge in [-0.15, -0.1) is 0 Å². The molecule has 6 heteroatoms. The molecule has 2 aromatic carbocycles. The molecular formula is C21H23FN4O. The number of aromatic nitrogens is 1. The zero-order valence-electron chi connectivity index (χ0n) is 15.5. The molecule has 1 saturated heterocycles. The van der Waals surface area contributed by atoms with Gasteiger partial charge in [-0.1, -0.05) is 0 Å². The van der Waals surface area contributed by atoms with E-state index in [9.17, 15) is 9.50 Å². The smallest absolute Gasteiger partial charge is 0.198 e. The molecule has 1 aliphatic heterocycles. The summed E-state index contributed by atoms with van der Waals surface area (Å²) in [4.78, 5) is 12.2. The molecule has 1 aromatic heterocycles. The zero-order valence-corrected chi connectivity index (χ0v) is 15.5. The lowest BCUT2D eigenvalue weighted by Crippen LogP contribution is -2.44. The van der Waals surface area contributed by atoms with Gasteiger partial charge in [0, 0.05) is 42.8 Å². The maximum absolute atomic E-state index is 13.6. The minimum absolute atomic E-state index is 0.00547. The van der Waals surface area contributed by atoms with Gasteiger partial charge in [0.15, 0.2) is 5.88 Å². The summed E-state index contributed by atoms with van der Waals surface area (Å²) < 4.78 is 13.6. The number of likely N-dealkylation sites (N-methyl/N-ethyl adjacent to an activating group) is 1. The predicted molar refractivity (Wildman–Crippen MR) is 108 cm³/mol. The normalized spacial score (nSPS) is 16.3. The number of aliphatic imine (C=N–C) groups is 1. The highest BCUT2D eigenvalue weighted by molar-refractivity contribution is 6.12. The number of nitrogens with one attached hydrogen (secondary N) is 1. The minimum Gasteiger partial charge on any atom is -0.494 e. The fourth-order valence-corrected chi connectivity index (χ4v) is 3.57. The summed E-state index contributed by atoms with van der Waals surface area (Å²) >= 11 is 0. The van der Waals surface area contributed by atoms with Crippen LogP contribution in [0, 0.1) is 5.82 Å². The van der Waals surface area contributed by atoms with E-state index in [2.05, 4.69) is 39.0 Å². The van der Waals surface area contributed by atoms with Gasteiger partial charge < -0.3 is 19.9 Å². The summed E-state index contributed by atoms with van der Waals surface area (Å²) in [7, 11) is 2.14. The molecule has 0 bridgehead atoms. The van der Waals surface area contributed by atoms with Crippen LogP contribution in [0.1, 0.15) is 12.5 Å². The van der Waals surface area contributed by atoms with Crippen molar-refractivity contribution in [1.82, 2.24) is 9.88 Å². The average Bonchev–Trinajstić information content (AvgIpc) is 2.98. The van der Waals surface area contributed by atoms with E-state index in [0.29, 0.717) is 22.2 Å². The molecule has 4 rings (SSSR count). The first kappa shape index (κ1) is 17.5. The second kappa shape index (κ2) is 7.04. The van der Waals surface area contributed by atoms with Crippen molar-refractivity contribution in [1.29, 1.82) is 0 Å². The highest BCUT2D eigenvalue weighted by atomic mass is 19.1. The van der Waals surface area contributed by atoms with Crippen molar-refractivity contribution < 1.29 is 9.50 Å². The molecule has 1 fully saturated rings. The molecule has 0 radical (unpaired) electrons. The van der Waals surface area contributed by atoms with Crippen LogP contribution in [0.15, 0.2) is 47.5 Å². The van der Waals surface area contributed by atoms with Crippen molar-refractivity contribution in [2.75, 3.05) is 38.1 Å². The Morgan fingerprint density at radius 3 is 2.48 bits per heavy atom. The van der Waals surface area contributed by atoms with E-state index in [4.69, 9.17) is 0 Å². The molecule has 0 spiro atoms. The third kappa shape index (κ3) is 3.53. The van der Waals surface area contributed by atoms with Crippen LogP contribution in [0.4, 0.5) is 15.8 Å². The molecule has 0 aliphatic carbocycles. The maximum atomic E-state index is 13.6. The number of hydrogen-bond donors (Lipinski definition) is 2. The van der Waals surface area contributed by atoms with Gasteiger partial charge in [0.1, 0.15) is 5.82 Å². The molecule has 0 atom stereocenters. The molecule has 2 heterocycles. The molecular weight excluding hydrogens is 343 g/mol. The van der Waals surface area contributed by atoms with Crippen molar-refractivity contribution in [2.24, 2.45) is 4.99 Å². The van der Waals surface area contributed by atoms with Crippen molar-refractivity contribution >= 4 is 28.0 Å². The fourth-order valence-electron chi connectivity index (χ4n) is 3.57. The molecule has 0 saturated carbocycles. The van der Waals surface area contributed by atoms with Gasteiger partial charge in [-0.25, -0.2) is 4.39 Å². The summed E-state index contributed by atoms with van der Waals surface area (Å²) in [5.41, 5.74) is 3.85. The lowest BCUT2D eigenvalue weighted by Gasteiger charge is -2.34. The number of anilines is 1.